The summed E-state index contributed by atoms with van der Waals surface area (Å²) in [6, 6.07) is 6.33. The summed E-state index contributed by atoms with van der Waals surface area (Å²) >= 11 is 0. The predicted molar refractivity (Wildman–Crippen MR) is 71.6 cm³/mol. The number of benzene rings is 1. The van der Waals surface area contributed by atoms with Crippen LogP contribution in [0.4, 0.5) is 0 Å². The van der Waals surface area contributed by atoms with Crippen LogP contribution in [0.25, 0.3) is 0 Å². The number of carboxylic acid groups (broad SMARTS) is 1. The standard InChI is InChI=1S/C15H21NO2/c1-11-5-3-6-12(2)14(11)10-16-8-4-7-13(9-16)15(17)18/h3,5-6,13H,4,7-10H2,1-2H3,(H,17,18). The molecule has 18 heavy (non-hydrogen) atoms. The second-order valence-corrected chi connectivity index (χ2v) is 5.28. The van der Waals surface area contributed by atoms with E-state index in [9.17, 15) is 4.79 Å². The van der Waals surface area contributed by atoms with E-state index in [0.29, 0.717) is 6.54 Å². The molecule has 98 valence electrons. The molecule has 0 amide bonds. The normalized spacial score (nSPS) is 20.9. The lowest BCUT2D eigenvalue weighted by atomic mass is 9.96. The Hall–Kier alpha value is -1.35. The van der Waals surface area contributed by atoms with Crippen molar-refractivity contribution in [2.75, 3.05) is 13.1 Å². The summed E-state index contributed by atoms with van der Waals surface area (Å²) in [5.41, 5.74) is 3.95. The summed E-state index contributed by atoms with van der Waals surface area (Å²) in [4.78, 5) is 13.3. The molecule has 0 spiro atoms. The maximum atomic E-state index is 11.1. The first-order chi connectivity index (χ1) is 8.58. The van der Waals surface area contributed by atoms with E-state index in [2.05, 4.69) is 36.9 Å². The topological polar surface area (TPSA) is 40.5 Å². The Morgan fingerprint density at radius 3 is 2.67 bits per heavy atom. The lowest BCUT2D eigenvalue weighted by Crippen LogP contribution is -2.38. The van der Waals surface area contributed by atoms with Crippen LogP contribution in [-0.2, 0) is 11.3 Å². The SMILES string of the molecule is Cc1cccc(C)c1CN1CCCC(C(=O)O)C1. The quantitative estimate of drug-likeness (QED) is 0.892. The van der Waals surface area contributed by atoms with Gasteiger partial charge in [-0.25, -0.2) is 0 Å². The van der Waals surface area contributed by atoms with Crippen LogP contribution in [0.15, 0.2) is 18.2 Å². The number of aliphatic carboxylic acids is 1. The van der Waals surface area contributed by atoms with E-state index in [1.807, 2.05) is 0 Å². The third kappa shape index (κ3) is 2.91. The van der Waals surface area contributed by atoms with E-state index in [4.69, 9.17) is 5.11 Å². The van der Waals surface area contributed by atoms with Gasteiger partial charge in [0.1, 0.15) is 0 Å². The second kappa shape index (κ2) is 5.53. The third-order valence-electron chi connectivity index (χ3n) is 3.88. The third-order valence-corrected chi connectivity index (χ3v) is 3.88. The number of piperidine rings is 1. The van der Waals surface area contributed by atoms with Gasteiger partial charge in [0, 0.05) is 13.1 Å². The van der Waals surface area contributed by atoms with Crippen molar-refractivity contribution in [3.05, 3.63) is 34.9 Å². The van der Waals surface area contributed by atoms with Crippen LogP contribution < -0.4 is 0 Å². The molecule has 1 heterocycles. The molecular formula is C15H21NO2. The van der Waals surface area contributed by atoms with Gasteiger partial charge >= 0.3 is 5.97 Å². The Morgan fingerprint density at radius 1 is 1.39 bits per heavy atom. The van der Waals surface area contributed by atoms with Crippen LogP contribution in [0.1, 0.15) is 29.5 Å². The summed E-state index contributed by atoms with van der Waals surface area (Å²) in [5, 5.41) is 9.10. The van der Waals surface area contributed by atoms with Gasteiger partial charge < -0.3 is 5.11 Å². The van der Waals surface area contributed by atoms with Crippen molar-refractivity contribution in [3.8, 4) is 0 Å². The highest BCUT2D eigenvalue weighted by atomic mass is 16.4. The van der Waals surface area contributed by atoms with E-state index in [1.165, 1.54) is 16.7 Å². The summed E-state index contributed by atoms with van der Waals surface area (Å²) in [6.45, 7) is 6.82. The van der Waals surface area contributed by atoms with Gasteiger partial charge in [-0.3, -0.25) is 9.69 Å². The number of likely N-dealkylation sites (tertiary alicyclic amines) is 1. The van der Waals surface area contributed by atoms with Crippen molar-refractivity contribution >= 4 is 5.97 Å². The second-order valence-electron chi connectivity index (χ2n) is 5.28. The zero-order valence-electron chi connectivity index (χ0n) is 11.1. The molecule has 1 aliphatic rings. The number of hydrogen-bond donors (Lipinski definition) is 1. The molecule has 0 aliphatic carbocycles. The van der Waals surface area contributed by atoms with Crippen molar-refractivity contribution < 1.29 is 9.90 Å². The molecule has 0 radical (unpaired) electrons. The lowest BCUT2D eigenvalue weighted by Gasteiger charge is -2.31. The van der Waals surface area contributed by atoms with Gasteiger partial charge in [0.2, 0.25) is 0 Å². The van der Waals surface area contributed by atoms with E-state index in [1.54, 1.807) is 0 Å². The minimum Gasteiger partial charge on any atom is -0.481 e. The molecule has 0 saturated carbocycles. The minimum atomic E-state index is -0.652. The molecule has 1 aromatic carbocycles. The minimum absolute atomic E-state index is 0.192. The Morgan fingerprint density at radius 2 is 2.06 bits per heavy atom. The number of carboxylic acids is 1. The van der Waals surface area contributed by atoms with E-state index in [-0.39, 0.29) is 5.92 Å². The van der Waals surface area contributed by atoms with Crippen LogP contribution >= 0.6 is 0 Å². The first-order valence-electron chi connectivity index (χ1n) is 6.58. The largest absolute Gasteiger partial charge is 0.481 e. The zero-order valence-corrected chi connectivity index (χ0v) is 11.1. The predicted octanol–water partition coefficient (Wildman–Crippen LogP) is 2.60. The number of nitrogens with zero attached hydrogens (tertiary/aromatic N) is 1. The van der Waals surface area contributed by atoms with Gasteiger partial charge in [-0.1, -0.05) is 18.2 Å². The molecule has 1 N–H and O–H groups in total. The van der Waals surface area contributed by atoms with Crippen LogP contribution in [0.5, 0.6) is 0 Å². The average Bonchev–Trinajstić information content (AvgIpc) is 2.34. The molecule has 1 fully saturated rings. The molecule has 1 aliphatic heterocycles. The van der Waals surface area contributed by atoms with Gasteiger partial charge in [-0.05, 0) is 49.9 Å². The molecule has 1 aromatic rings. The summed E-state index contributed by atoms with van der Waals surface area (Å²) in [7, 11) is 0. The van der Waals surface area contributed by atoms with E-state index in [0.717, 1.165) is 25.9 Å². The van der Waals surface area contributed by atoms with E-state index < -0.39 is 5.97 Å². The fraction of sp³-hybridized carbons (Fsp3) is 0.533. The van der Waals surface area contributed by atoms with Crippen LogP contribution in [0.3, 0.4) is 0 Å². The Labute approximate surface area is 108 Å². The molecule has 3 nitrogen and oxygen atoms in total. The van der Waals surface area contributed by atoms with Crippen LogP contribution in [0, 0.1) is 19.8 Å². The Kier molecular flexibility index (Phi) is 4.02. The number of carbonyl (C=O) groups is 1. The van der Waals surface area contributed by atoms with Crippen molar-refractivity contribution in [2.45, 2.75) is 33.2 Å². The maximum Gasteiger partial charge on any atom is 0.307 e. The molecule has 3 heteroatoms. The summed E-state index contributed by atoms with van der Waals surface area (Å²) in [6.07, 6.45) is 1.81. The van der Waals surface area contributed by atoms with Crippen molar-refractivity contribution in [1.82, 2.24) is 4.90 Å². The van der Waals surface area contributed by atoms with Crippen molar-refractivity contribution in [1.29, 1.82) is 0 Å². The smallest absolute Gasteiger partial charge is 0.307 e. The van der Waals surface area contributed by atoms with Crippen molar-refractivity contribution in [2.24, 2.45) is 5.92 Å². The highest BCUT2D eigenvalue weighted by Crippen LogP contribution is 2.21. The van der Waals surface area contributed by atoms with Crippen LogP contribution in [-0.4, -0.2) is 29.1 Å². The van der Waals surface area contributed by atoms with Gasteiger partial charge in [0.15, 0.2) is 0 Å². The van der Waals surface area contributed by atoms with Gasteiger partial charge in [-0.15, -0.1) is 0 Å². The van der Waals surface area contributed by atoms with Gasteiger partial charge in [0.05, 0.1) is 5.92 Å². The van der Waals surface area contributed by atoms with Gasteiger partial charge in [-0.2, -0.15) is 0 Å². The molecular weight excluding hydrogens is 226 g/mol. The fourth-order valence-electron chi connectivity index (χ4n) is 2.72. The monoisotopic (exact) mass is 247 g/mol. The number of aryl methyl sites for hydroxylation is 2. The number of rotatable bonds is 3. The highest BCUT2D eigenvalue weighted by Gasteiger charge is 2.25. The molecule has 2 rings (SSSR count). The molecule has 0 aromatic heterocycles. The number of hydrogen-bond acceptors (Lipinski definition) is 2. The Balaban J connectivity index is 2.07. The van der Waals surface area contributed by atoms with Crippen molar-refractivity contribution in [3.63, 3.8) is 0 Å². The molecule has 1 atom stereocenters. The van der Waals surface area contributed by atoms with E-state index >= 15 is 0 Å². The average molecular weight is 247 g/mol. The summed E-state index contributed by atoms with van der Waals surface area (Å²) < 4.78 is 0. The lowest BCUT2D eigenvalue weighted by molar-refractivity contribution is -0.143. The molecule has 1 unspecified atom stereocenters. The Bertz CT molecular complexity index is 422. The van der Waals surface area contributed by atoms with Gasteiger partial charge in [0.25, 0.3) is 0 Å². The first-order valence-corrected chi connectivity index (χ1v) is 6.58. The maximum absolute atomic E-state index is 11.1. The fourth-order valence-corrected chi connectivity index (χ4v) is 2.72. The first kappa shape index (κ1) is 13.1. The molecule has 0 bridgehead atoms. The van der Waals surface area contributed by atoms with Crippen LogP contribution in [0.2, 0.25) is 0 Å². The zero-order chi connectivity index (χ0) is 13.1. The highest BCUT2D eigenvalue weighted by molar-refractivity contribution is 5.70. The molecule has 1 saturated heterocycles. The summed E-state index contributed by atoms with van der Waals surface area (Å²) in [5.74, 6) is -0.843.